The normalized spacial score (nSPS) is 16.8. The maximum atomic E-state index is 13.4. The van der Waals surface area contributed by atoms with Gasteiger partial charge in [-0.05, 0) is 51.3 Å². The number of nitrogens with zero attached hydrogens (tertiary/aromatic N) is 2. The lowest BCUT2D eigenvalue weighted by Gasteiger charge is -2.38. The van der Waals surface area contributed by atoms with E-state index in [0.717, 1.165) is 48.2 Å². The highest BCUT2D eigenvalue weighted by molar-refractivity contribution is 7.11. The van der Waals surface area contributed by atoms with Gasteiger partial charge in [-0.25, -0.2) is 14.4 Å². The molecule has 0 atom stereocenters. The van der Waals surface area contributed by atoms with Gasteiger partial charge in [-0.3, -0.25) is 0 Å². The Labute approximate surface area is 170 Å². The highest BCUT2D eigenvalue weighted by Crippen LogP contribution is 2.34. The molecule has 3 rings (SSSR count). The molecule has 152 valence electrons. The van der Waals surface area contributed by atoms with Crippen LogP contribution in [0.4, 0.5) is 4.39 Å². The summed E-state index contributed by atoms with van der Waals surface area (Å²) in [6, 6.07) is 6.88. The zero-order valence-corrected chi connectivity index (χ0v) is 17.7. The number of aromatic nitrogens is 1. The summed E-state index contributed by atoms with van der Waals surface area (Å²) in [5.41, 5.74) is 2.11. The van der Waals surface area contributed by atoms with Gasteiger partial charge in [0.15, 0.2) is 5.96 Å². The number of aryl methyl sites for hydroxylation is 2. The molecule has 1 aromatic carbocycles. The van der Waals surface area contributed by atoms with E-state index in [9.17, 15) is 4.39 Å². The minimum absolute atomic E-state index is 0.0842. The van der Waals surface area contributed by atoms with Gasteiger partial charge in [-0.15, -0.1) is 11.3 Å². The smallest absolute Gasteiger partial charge is 0.191 e. The van der Waals surface area contributed by atoms with Crippen molar-refractivity contribution in [1.82, 2.24) is 15.6 Å². The molecule has 2 N–H and O–H groups in total. The summed E-state index contributed by atoms with van der Waals surface area (Å²) >= 11 is 1.69. The zero-order chi connectivity index (χ0) is 20.0. The monoisotopic (exact) mass is 404 g/mol. The number of nitrogens with one attached hydrogen (secondary N) is 2. The van der Waals surface area contributed by atoms with E-state index in [4.69, 9.17) is 9.73 Å². The third kappa shape index (κ3) is 5.08. The molecule has 0 aliphatic carbocycles. The van der Waals surface area contributed by atoms with E-state index in [1.807, 2.05) is 26.0 Å². The van der Waals surface area contributed by atoms with E-state index in [1.54, 1.807) is 23.5 Å². The number of thiazole rings is 1. The summed E-state index contributed by atoms with van der Waals surface area (Å²) in [5.74, 6) is 0.588. The summed E-state index contributed by atoms with van der Waals surface area (Å²) in [6.07, 6.45) is 1.80. The van der Waals surface area contributed by atoms with Crippen LogP contribution in [-0.2, 0) is 16.7 Å². The Morgan fingerprint density at radius 2 is 1.93 bits per heavy atom. The predicted octanol–water partition coefficient (Wildman–Crippen LogP) is 3.70. The van der Waals surface area contributed by atoms with Gasteiger partial charge in [0.05, 0.1) is 17.2 Å². The quantitative estimate of drug-likeness (QED) is 0.569. The van der Waals surface area contributed by atoms with Gasteiger partial charge >= 0.3 is 0 Å². The third-order valence-electron chi connectivity index (χ3n) is 5.23. The van der Waals surface area contributed by atoms with Crippen molar-refractivity contribution in [2.75, 3.05) is 26.3 Å². The van der Waals surface area contributed by atoms with Crippen molar-refractivity contribution in [3.05, 3.63) is 51.2 Å². The van der Waals surface area contributed by atoms with Crippen LogP contribution >= 0.6 is 11.3 Å². The molecule has 1 aliphatic rings. The van der Waals surface area contributed by atoms with Crippen molar-refractivity contribution in [3.63, 3.8) is 0 Å². The van der Waals surface area contributed by atoms with Crippen molar-refractivity contribution in [2.24, 2.45) is 4.99 Å². The van der Waals surface area contributed by atoms with E-state index in [2.05, 4.69) is 22.5 Å². The Balaban J connectivity index is 1.74. The molecule has 2 heterocycles. The predicted molar refractivity (Wildman–Crippen MR) is 113 cm³/mol. The standard InChI is InChI=1S/C21H29FN4OS/c1-4-23-20(24-13-19-15(2)26-16(3)28-19)25-14-21(9-11-27-12-10-21)17-5-7-18(22)8-6-17/h5-8H,4,9-14H2,1-3H3,(H2,23,24,25). The fourth-order valence-corrected chi connectivity index (χ4v) is 4.46. The summed E-state index contributed by atoms with van der Waals surface area (Å²) in [5, 5.41) is 7.91. The first kappa shape index (κ1) is 20.7. The Bertz CT molecular complexity index is 797. The van der Waals surface area contributed by atoms with Gasteiger partial charge in [-0.2, -0.15) is 0 Å². The maximum absolute atomic E-state index is 13.4. The number of ether oxygens (including phenoxy) is 1. The number of hydrogen-bond acceptors (Lipinski definition) is 4. The molecule has 5 nitrogen and oxygen atoms in total. The molecular weight excluding hydrogens is 375 g/mol. The van der Waals surface area contributed by atoms with Crippen LogP contribution in [0.1, 0.15) is 40.9 Å². The first-order valence-electron chi connectivity index (χ1n) is 9.81. The number of halogens is 1. The summed E-state index contributed by atoms with van der Waals surface area (Å²) < 4.78 is 19.0. The molecule has 0 radical (unpaired) electrons. The van der Waals surface area contributed by atoms with E-state index >= 15 is 0 Å². The highest BCUT2D eigenvalue weighted by atomic mass is 32.1. The summed E-state index contributed by atoms with van der Waals surface area (Å²) in [7, 11) is 0. The molecule has 0 unspecified atom stereocenters. The summed E-state index contributed by atoms with van der Waals surface area (Å²) in [6.45, 7) is 9.67. The van der Waals surface area contributed by atoms with Crippen molar-refractivity contribution in [3.8, 4) is 0 Å². The molecule has 0 spiro atoms. The van der Waals surface area contributed by atoms with Crippen LogP contribution in [0.25, 0.3) is 0 Å². The van der Waals surface area contributed by atoms with Gasteiger partial charge < -0.3 is 15.4 Å². The molecule has 1 aliphatic heterocycles. The average molecular weight is 405 g/mol. The third-order valence-corrected chi connectivity index (χ3v) is 6.28. The molecule has 1 saturated heterocycles. The minimum atomic E-state index is -0.205. The fraction of sp³-hybridized carbons (Fsp3) is 0.524. The van der Waals surface area contributed by atoms with Crippen molar-refractivity contribution in [2.45, 2.75) is 45.6 Å². The first-order chi connectivity index (χ1) is 13.5. The molecular formula is C21H29FN4OS. The second kappa shape index (κ2) is 9.47. The van der Waals surface area contributed by atoms with Crippen LogP contribution in [0, 0.1) is 19.7 Å². The van der Waals surface area contributed by atoms with E-state index in [-0.39, 0.29) is 11.2 Å². The SMILES string of the molecule is CCNC(=NCc1sc(C)nc1C)NCC1(c2ccc(F)cc2)CCOCC1. The topological polar surface area (TPSA) is 58.5 Å². The number of rotatable bonds is 6. The van der Waals surface area contributed by atoms with Crippen LogP contribution < -0.4 is 10.6 Å². The van der Waals surface area contributed by atoms with Gasteiger partial charge in [0.25, 0.3) is 0 Å². The molecule has 28 heavy (non-hydrogen) atoms. The second-order valence-electron chi connectivity index (χ2n) is 7.19. The molecule has 1 aromatic heterocycles. The van der Waals surface area contributed by atoms with Crippen LogP contribution in [-0.4, -0.2) is 37.2 Å². The fourth-order valence-electron chi connectivity index (χ4n) is 3.60. The Morgan fingerprint density at radius 1 is 1.21 bits per heavy atom. The van der Waals surface area contributed by atoms with E-state index in [1.165, 1.54) is 4.88 Å². The minimum Gasteiger partial charge on any atom is -0.381 e. The number of hydrogen-bond donors (Lipinski definition) is 2. The Kier molecular flexibility index (Phi) is 7.02. The highest BCUT2D eigenvalue weighted by Gasteiger charge is 2.34. The van der Waals surface area contributed by atoms with Gasteiger partial charge in [-0.1, -0.05) is 12.1 Å². The number of guanidine groups is 1. The largest absolute Gasteiger partial charge is 0.381 e. The van der Waals surface area contributed by atoms with Crippen molar-refractivity contribution in [1.29, 1.82) is 0 Å². The van der Waals surface area contributed by atoms with Gasteiger partial charge in [0.1, 0.15) is 5.82 Å². The van der Waals surface area contributed by atoms with Crippen LogP contribution in [0.5, 0.6) is 0 Å². The van der Waals surface area contributed by atoms with Crippen LogP contribution in [0.2, 0.25) is 0 Å². The molecule has 7 heteroatoms. The summed E-state index contributed by atoms with van der Waals surface area (Å²) in [4.78, 5) is 10.4. The van der Waals surface area contributed by atoms with E-state index < -0.39 is 0 Å². The molecule has 0 amide bonds. The molecule has 0 saturated carbocycles. The van der Waals surface area contributed by atoms with E-state index in [0.29, 0.717) is 19.8 Å². The lowest BCUT2D eigenvalue weighted by atomic mass is 9.74. The number of aliphatic imine (C=N–C) groups is 1. The maximum Gasteiger partial charge on any atom is 0.191 e. The lowest BCUT2D eigenvalue weighted by Crippen LogP contribution is -2.48. The molecule has 0 bridgehead atoms. The lowest BCUT2D eigenvalue weighted by molar-refractivity contribution is 0.0513. The second-order valence-corrected chi connectivity index (χ2v) is 8.48. The first-order valence-corrected chi connectivity index (χ1v) is 10.6. The van der Waals surface area contributed by atoms with Crippen molar-refractivity contribution >= 4 is 17.3 Å². The molecule has 1 fully saturated rings. The van der Waals surface area contributed by atoms with Crippen LogP contribution in [0.15, 0.2) is 29.3 Å². The van der Waals surface area contributed by atoms with Gasteiger partial charge in [0.2, 0.25) is 0 Å². The van der Waals surface area contributed by atoms with Crippen LogP contribution in [0.3, 0.4) is 0 Å². The Morgan fingerprint density at radius 3 is 2.54 bits per heavy atom. The Hall–Kier alpha value is -1.99. The van der Waals surface area contributed by atoms with Gasteiger partial charge in [0, 0.05) is 36.6 Å². The van der Waals surface area contributed by atoms with Crippen molar-refractivity contribution < 1.29 is 9.13 Å². The molecule has 2 aromatic rings. The average Bonchev–Trinajstić information content (AvgIpc) is 3.02. The zero-order valence-electron chi connectivity index (χ0n) is 16.8. The number of benzene rings is 1.